The minimum atomic E-state index is -5.27. The molecule has 0 radical (unpaired) electrons. The lowest BCUT2D eigenvalue weighted by Gasteiger charge is -2.35. The van der Waals surface area contributed by atoms with Gasteiger partial charge < -0.3 is 9.73 Å². The van der Waals surface area contributed by atoms with Gasteiger partial charge in [0.2, 0.25) is 0 Å². The number of hydrogen-bond donors (Lipinski definition) is 1. The Morgan fingerprint density at radius 2 is 1.86 bits per heavy atom. The topological polar surface area (TPSA) is 106 Å². The molecule has 2 aliphatic rings. The van der Waals surface area contributed by atoms with Crippen LogP contribution in [0.5, 0.6) is 0 Å². The number of fused-ring (bicyclic) bond motifs is 1. The first-order chi connectivity index (χ1) is 17.1. The molecule has 1 aromatic heterocycles. The van der Waals surface area contributed by atoms with E-state index in [1.165, 1.54) is 42.7 Å². The first-order valence-electron chi connectivity index (χ1n) is 11.0. The molecular formula is C25H18F3N3O5. The fourth-order valence-corrected chi connectivity index (χ4v) is 4.80. The first-order valence-corrected chi connectivity index (χ1v) is 11.0. The summed E-state index contributed by atoms with van der Waals surface area (Å²) in [6.45, 7) is 0. The van der Waals surface area contributed by atoms with Crippen molar-refractivity contribution in [3.8, 4) is 0 Å². The number of anilines is 2. The number of hydrogen-bond acceptors (Lipinski definition) is 6. The van der Waals surface area contributed by atoms with Gasteiger partial charge in [-0.25, -0.2) is 0 Å². The molecule has 2 atom stereocenters. The fraction of sp³-hybridized carbons (Fsp3) is 0.200. The van der Waals surface area contributed by atoms with Crippen LogP contribution in [-0.4, -0.2) is 22.8 Å². The number of rotatable bonds is 3. The summed E-state index contributed by atoms with van der Waals surface area (Å²) in [5.41, 5.74) is 0.00608. The lowest BCUT2D eigenvalue weighted by molar-refractivity contribution is -0.384. The molecule has 36 heavy (non-hydrogen) atoms. The molecule has 1 N–H and O–H groups in total. The van der Waals surface area contributed by atoms with Gasteiger partial charge >= 0.3 is 12.1 Å². The summed E-state index contributed by atoms with van der Waals surface area (Å²) in [6.07, 6.45) is -3.65. The van der Waals surface area contributed by atoms with E-state index in [1.54, 1.807) is 18.2 Å². The molecule has 2 aromatic carbocycles. The highest BCUT2D eigenvalue weighted by atomic mass is 19.4. The number of halogens is 3. The quantitative estimate of drug-likeness (QED) is 0.370. The number of furan rings is 1. The fourth-order valence-electron chi connectivity index (χ4n) is 4.80. The summed E-state index contributed by atoms with van der Waals surface area (Å²) in [5, 5.41) is 14.5. The van der Waals surface area contributed by atoms with Gasteiger partial charge in [0.05, 0.1) is 28.6 Å². The number of para-hydroxylation sites is 2. The number of benzene rings is 2. The predicted octanol–water partition coefficient (Wildman–Crippen LogP) is 5.65. The molecular weight excluding hydrogens is 479 g/mol. The van der Waals surface area contributed by atoms with Crippen LogP contribution < -0.4 is 10.2 Å². The Hall–Kier alpha value is -4.41. The lowest BCUT2D eigenvalue weighted by atomic mass is 9.80. The molecule has 11 heteroatoms. The number of Topliss-reactive ketones (excluding diaryl/α,β-unsaturated/α-hetero) is 1. The Morgan fingerprint density at radius 1 is 1.08 bits per heavy atom. The zero-order valence-electron chi connectivity index (χ0n) is 18.5. The smallest absolute Gasteiger partial charge is 0.469 e. The maximum Gasteiger partial charge on any atom is 0.471 e. The van der Waals surface area contributed by atoms with Crippen LogP contribution in [0.4, 0.5) is 30.2 Å². The summed E-state index contributed by atoms with van der Waals surface area (Å²) in [5.74, 6) is -2.51. The minimum Gasteiger partial charge on any atom is -0.469 e. The lowest BCUT2D eigenvalue weighted by Crippen LogP contribution is -2.45. The second kappa shape index (κ2) is 8.67. The largest absolute Gasteiger partial charge is 0.471 e. The summed E-state index contributed by atoms with van der Waals surface area (Å²) in [7, 11) is 0. The molecule has 0 saturated heterocycles. The molecule has 0 bridgehead atoms. The number of allylic oxidation sites excluding steroid dienone is 1. The van der Waals surface area contributed by atoms with E-state index < -0.39 is 28.8 Å². The van der Waals surface area contributed by atoms with Crippen molar-refractivity contribution in [1.29, 1.82) is 0 Å². The molecule has 1 aliphatic carbocycles. The van der Waals surface area contributed by atoms with E-state index in [2.05, 4.69) is 5.32 Å². The highest BCUT2D eigenvalue weighted by molar-refractivity contribution is 6.07. The first kappa shape index (κ1) is 23.3. The Bertz CT molecular complexity index is 1400. The minimum absolute atomic E-state index is 0.0117. The number of alkyl halides is 3. The maximum atomic E-state index is 13.9. The van der Waals surface area contributed by atoms with Crippen LogP contribution in [0.1, 0.15) is 36.1 Å². The molecule has 3 aromatic rings. The second-order valence-electron chi connectivity index (χ2n) is 8.51. The number of carbonyl (C=O) groups excluding carboxylic acids is 2. The second-order valence-corrected chi connectivity index (χ2v) is 8.51. The molecule has 5 rings (SSSR count). The molecule has 0 unspecified atom stereocenters. The van der Waals surface area contributed by atoms with E-state index in [9.17, 15) is 32.9 Å². The average molecular weight is 497 g/mol. The van der Waals surface area contributed by atoms with Crippen LogP contribution in [0.25, 0.3) is 0 Å². The molecule has 8 nitrogen and oxygen atoms in total. The van der Waals surface area contributed by atoms with Crippen LogP contribution in [0.3, 0.4) is 0 Å². The Kier molecular flexibility index (Phi) is 5.62. The van der Waals surface area contributed by atoms with Gasteiger partial charge in [0, 0.05) is 35.7 Å². The van der Waals surface area contributed by atoms with Gasteiger partial charge in [0.25, 0.3) is 5.69 Å². The van der Waals surface area contributed by atoms with E-state index in [0.29, 0.717) is 16.4 Å². The SMILES string of the molecule is O=C1C[C@H](c2ccco2)CC2=C1[C@H](c1cccc([N+](=O)[O-])c1)N(C(=O)C(F)(F)F)c1ccccc1N2. The molecule has 0 fully saturated rings. The van der Waals surface area contributed by atoms with Gasteiger partial charge in [-0.1, -0.05) is 24.3 Å². The van der Waals surface area contributed by atoms with Crippen LogP contribution in [0.15, 0.2) is 82.6 Å². The van der Waals surface area contributed by atoms with Gasteiger partial charge in [-0.3, -0.25) is 24.6 Å². The van der Waals surface area contributed by atoms with Crippen molar-refractivity contribution in [3.63, 3.8) is 0 Å². The van der Waals surface area contributed by atoms with E-state index in [0.717, 1.165) is 6.07 Å². The van der Waals surface area contributed by atoms with Crippen LogP contribution in [-0.2, 0) is 9.59 Å². The van der Waals surface area contributed by atoms with Crippen LogP contribution in [0, 0.1) is 10.1 Å². The summed E-state index contributed by atoms with van der Waals surface area (Å²) in [4.78, 5) is 37.7. The van der Waals surface area contributed by atoms with Crippen molar-refractivity contribution in [1.82, 2.24) is 0 Å². The Labute approximate surface area is 202 Å². The normalized spacial score (nSPS) is 19.8. The Morgan fingerprint density at radius 3 is 2.56 bits per heavy atom. The van der Waals surface area contributed by atoms with Crippen molar-refractivity contribution < 1.29 is 32.1 Å². The molecule has 0 spiro atoms. The zero-order chi connectivity index (χ0) is 25.6. The van der Waals surface area contributed by atoms with Gasteiger partial charge in [0.15, 0.2) is 5.78 Å². The average Bonchev–Trinajstić information content (AvgIpc) is 3.33. The van der Waals surface area contributed by atoms with Crippen molar-refractivity contribution in [2.75, 3.05) is 10.2 Å². The summed E-state index contributed by atoms with van der Waals surface area (Å²) in [6, 6.07) is 12.7. The van der Waals surface area contributed by atoms with Crippen LogP contribution >= 0.6 is 0 Å². The van der Waals surface area contributed by atoms with E-state index in [-0.39, 0.29) is 47.0 Å². The third-order valence-corrected chi connectivity index (χ3v) is 6.29. The molecule has 184 valence electrons. The van der Waals surface area contributed by atoms with Gasteiger partial charge in [-0.05, 0) is 36.2 Å². The number of nitro groups is 1. The Balaban J connectivity index is 1.77. The number of nitro benzene ring substituents is 1. The predicted molar refractivity (Wildman–Crippen MR) is 122 cm³/mol. The number of nitrogens with zero attached hydrogens (tertiary/aromatic N) is 2. The van der Waals surface area contributed by atoms with E-state index in [4.69, 9.17) is 4.42 Å². The zero-order valence-corrected chi connectivity index (χ0v) is 18.5. The number of non-ortho nitro benzene ring substituents is 1. The van der Waals surface area contributed by atoms with E-state index >= 15 is 0 Å². The number of amides is 1. The van der Waals surface area contributed by atoms with Gasteiger partial charge in [-0.2, -0.15) is 13.2 Å². The van der Waals surface area contributed by atoms with Gasteiger partial charge in [0.1, 0.15) is 5.76 Å². The van der Waals surface area contributed by atoms with Crippen molar-refractivity contribution >= 4 is 28.8 Å². The third-order valence-electron chi connectivity index (χ3n) is 6.29. The summed E-state index contributed by atoms with van der Waals surface area (Å²) >= 11 is 0. The highest BCUT2D eigenvalue weighted by Crippen LogP contribution is 2.48. The van der Waals surface area contributed by atoms with E-state index in [1.807, 2.05) is 0 Å². The molecule has 2 heterocycles. The highest BCUT2D eigenvalue weighted by Gasteiger charge is 2.50. The number of ketones is 1. The van der Waals surface area contributed by atoms with Crippen LogP contribution in [0.2, 0.25) is 0 Å². The molecule has 1 amide bonds. The summed E-state index contributed by atoms with van der Waals surface area (Å²) < 4.78 is 47.1. The number of carbonyl (C=O) groups is 2. The van der Waals surface area contributed by atoms with Crippen molar-refractivity contribution in [2.45, 2.75) is 31.0 Å². The van der Waals surface area contributed by atoms with Gasteiger partial charge in [-0.15, -0.1) is 0 Å². The van der Waals surface area contributed by atoms with Crippen molar-refractivity contribution in [3.05, 3.63) is 99.6 Å². The van der Waals surface area contributed by atoms with Crippen molar-refractivity contribution in [2.24, 2.45) is 0 Å². The third kappa shape index (κ3) is 4.02. The number of nitrogens with one attached hydrogen (secondary N) is 1. The standard InChI is InChI=1S/C25H18F3N3O5/c26-25(27,28)24(33)30-19-8-2-1-7-17(19)29-18-12-15(21-9-4-10-36-21)13-20(32)22(18)23(30)14-5-3-6-16(11-14)31(34)35/h1-11,15,23,29H,12-13H2/t15-,23+/m1/s1. The molecule has 0 saturated carbocycles. The monoisotopic (exact) mass is 497 g/mol. The maximum absolute atomic E-state index is 13.9. The molecule has 1 aliphatic heterocycles.